The smallest absolute Gasteiger partial charge is 0.298 e. The molecule has 1 unspecified atom stereocenters. The lowest BCUT2D eigenvalue weighted by molar-refractivity contribution is -0.122. The maximum absolute atomic E-state index is 12.1. The fourth-order valence-electron chi connectivity index (χ4n) is 3.20. The van der Waals surface area contributed by atoms with Crippen molar-refractivity contribution >= 4 is 40.5 Å². The van der Waals surface area contributed by atoms with Crippen LogP contribution in [-0.4, -0.2) is 43.0 Å². The van der Waals surface area contributed by atoms with Gasteiger partial charge in [0.05, 0.1) is 0 Å². The van der Waals surface area contributed by atoms with Crippen molar-refractivity contribution in [2.24, 2.45) is 5.92 Å². The first-order valence-corrected chi connectivity index (χ1v) is 9.21. The van der Waals surface area contributed by atoms with Gasteiger partial charge >= 0.3 is 0 Å². The minimum atomic E-state index is -0.0956. The molecule has 2 N–H and O–H groups in total. The summed E-state index contributed by atoms with van der Waals surface area (Å²) in [5, 5.41) is 6.12. The van der Waals surface area contributed by atoms with E-state index in [1.807, 2.05) is 6.07 Å². The Balaban J connectivity index is 1.53. The number of rotatable bonds is 6. The second-order valence-corrected chi connectivity index (χ2v) is 7.04. The normalized spacial score (nSPS) is 17.3. The van der Waals surface area contributed by atoms with Crippen LogP contribution in [0.5, 0.6) is 0 Å². The monoisotopic (exact) mass is 378 g/mol. The second kappa shape index (κ2) is 8.40. The van der Waals surface area contributed by atoms with Gasteiger partial charge in [-0.05, 0) is 30.9 Å². The van der Waals surface area contributed by atoms with Crippen LogP contribution in [0, 0.1) is 5.92 Å². The number of oxazole rings is 1. The van der Waals surface area contributed by atoms with Crippen LogP contribution >= 0.6 is 11.6 Å². The highest BCUT2D eigenvalue weighted by Gasteiger charge is 2.25. The van der Waals surface area contributed by atoms with Gasteiger partial charge in [0.1, 0.15) is 5.52 Å². The molecule has 7 nitrogen and oxygen atoms in total. The number of fused-ring (bicyclic) bond motifs is 1. The third-order valence-corrected chi connectivity index (χ3v) is 4.66. The van der Waals surface area contributed by atoms with Crippen molar-refractivity contribution in [1.29, 1.82) is 0 Å². The number of piperidine rings is 1. The number of hydrogen-bond donors (Lipinski definition) is 2. The summed E-state index contributed by atoms with van der Waals surface area (Å²) in [6.07, 6.45) is 2.45. The van der Waals surface area contributed by atoms with E-state index in [2.05, 4.69) is 20.5 Å². The fraction of sp³-hybridized carbons (Fsp3) is 0.500. The number of benzene rings is 1. The zero-order valence-corrected chi connectivity index (χ0v) is 15.5. The fourth-order valence-corrected chi connectivity index (χ4v) is 3.36. The average molecular weight is 379 g/mol. The maximum Gasteiger partial charge on any atom is 0.298 e. The van der Waals surface area contributed by atoms with Gasteiger partial charge in [0.2, 0.25) is 11.8 Å². The van der Waals surface area contributed by atoms with Crippen LogP contribution in [0.1, 0.15) is 26.2 Å². The van der Waals surface area contributed by atoms with E-state index in [9.17, 15) is 9.59 Å². The Morgan fingerprint density at radius 1 is 1.35 bits per heavy atom. The maximum atomic E-state index is 12.1. The van der Waals surface area contributed by atoms with Gasteiger partial charge in [-0.2, -0.15) is 4.98 Å². The van der Waals surface area contributed by atoms with E-state index in [-0.39, 0.29) is 17.7 Å². The Labute approximate surface area is 157 Å². The van der Waals surface area contributed by atoms with Crippen LogP contribution in [0.2, 0.25) is 5.02 Å². The molecule has 0 spiro atoms. The molecule has 1 aromatic carbocycles. The zero-order chi connectivity index (χ0) is 18.5. The highest BCUT2D eigenvalue weighted by Crippen LogP contribution is 2.28. The van der Waals surface area contributed by atoms with Gasteiger partial charge in [0, 0.05) is 50.6 Å². The molecular weight excluding hydrogens is 356 g/mol. The van der Waals surface area contributed by atoms with Crippen LogP contribution < -0.4 is 15.5 Å². The van der Waals surface area contributed by atoms with Crippen molar-refractivity contribution in [2.45, 2.75) is 26.2 Å². The molecule has 1 aliphatic rings. The van der Waals surface area contributed by atoms with Gasteiger partial charge in [-0.1, -0.05) is 11.6 Å². The predicted molar refractivity (Wildman–Crippen MR) is 100 cm³/mol. The Kier molecular flexibility index (Phi) is 5.98. The molecule has 1 atom stereocenters. The number of hydrogen-bond acceptors (Lipinski definition) is 5. The Morgan fingerprint density at radius 2 is 2.15 bits per heavy atom. The van der Waals surface area contributed by atoms with E-state index in [1.54, 1.807) is 12.1 Å². The van der Waals surface area contributed by atoms with Gasteiger partial charge in [0.15, 0.2) is 5.58 Å². The van der Waals surface area contributed by atoms with Gasteiger partial charge in [-0.25, -0.2) is 0 Å². The van der Waals surface area contributed by atoms with Crippen molar-refractivity contribution in [1.82, 2.24) is 15.6 Å². The van der Waals surface area contributed by atoms with Crippen LogP contribution in [-0.2, 0) is 9.59 Å². The molecule has 2 heterocycles. The number of carbonyl (C=O) groups excluding carboxylic acids is 2. The van der Waals surface area contributed by atoms with Gasteiger partial charge in [-0.3, -0.25) is 9.59 Å². The number of nitrogens with zero attached hydrogens (tertiary/aromatic N) is 2. The summed E-state index contributed by atoms with van der Waals surface area (Å²) in [7, 11) is 0. The predicted octanol–water partition coefficient (Wildman–Crippen LogP) is 2.34. The number of anilines is 1. The van der Waals surface area contributed by atoms with Gasteiger partial charge < -0.3 is 20.0 Å². The first-order chi connectivity index (χ1) is 12.5. The highest BCUT2D eigenvalue weighted by molar-refractivity contribution is 6.31. The van der Waals surface area contributed by atoms with Gasteiger partial charge in [-0.15, -0.1) is 0 Å². The number of nitrogens with one attached hydrogen (secondary N) is 2. The number of carbonyl (C=O) groups is 2. The van der Waals surface area contributed by atoms with Crippen molar-refractivity contribution in [3.05, 3.63) is 23.2 Å². The molecule has 0 bridgehead atoms. The van der Waals surface area contributed by atoms with Crippen LogP contribution in [0.15, 0.2) is 22.6 Å². The Morgan fingerprint density at radius 3 is 2.96 bits per heavy atom. The summed E-state index contributed by atoms with van der Waals surface area (Å²) in [6.45, 7) is 3.95. The Bertz CT molecular complexity index is 792. The lowest BCUT2D eigenvalue weighted by Crippen LogP contribution is -2.39. The SMILES string of the molecule is CC(=O)NCCNC(=O)CC1CCCN(c2nc3ccc(Cl)cc3o2)C1. The molecule has 0 aliphatic carbocycles. The standard InChI is InChI=1S/C18H23ClN4O3/c1-12(24)20-6-7-21-17(25)9-13-3-2-8-23(11-13)18-22-15-5-4-14(19)10-16(15)26-18/h4-5,10,13H,2-3,6-9,11H2,1H3,(H,20,24)(H,21,25). The van der Waals surface area contributed by atoms with Crippen molar-refractivity contribution in [3.63, 3.8) is 0 Å². The summed E-state index contributed by atoms with van der Waals surface area (Å²) < 4.78 is 5.83. The molecule has 26 heavy (non-hydrogen) atoms. The molecule has 8 heteroatoms. The topological polar surface area (TPSA) is 87.5 Å². The average Bonchev–Trinajstić information content (AvgIpc) is 3.02. The number of aromatic nitrogens is 1. The Hall–Kier alpha value is -2.28. The van der Waals surface area contributed by atoms with E-state index in [0.717, 1.165) is 31.4 Å². The largest absolute Gasteiger partial charge is 0.423 e. The molecule has 1 saturated heterocycles. The van der Waals surface area contributed by atoms with Crippen molar-refractivity contribution < 1.29 is 14.0 Å². The molecule has 3 rings (SSSR count). The number of amides is 2. The summed E-state index contributed by atoms with van der Waals surface area (Å²) in [5.74, 6) is 0.163. The quantitative estimate of drug-likeness (QED) is 0.753. The third kappa shape index (κ3) is 4.88. The first kappa shape index (κ1) is 18.5. The number of halogens is 1. The molecule has 140 valence electrons. The third-order valence-electron chi connectivity index (χ3n) is 4.42. The van der Waals surface area contributed by atoms with Gasteiger partial charge in [0.25, 0.3) is 6.01 Å². The molecule has 1 aromatic heterocycles. The minimum Gasteiger partial charge on any atom is -0.423 e. The van der Waals surface area contributed by atoms with E-state index in [1.165, 1.54) is 6.92 Å². The highest BCUT2D eigenvalue weighted by atomic mass is 35.5. The van der Waals surface area contributed by atoms with E-state index >= 15 is 0 Å². The summed E-state index contributed by atoms with van der Waals surface area (Å²) in [4.78, 5) is 29.5. The van der Waals surface area contributed by atoms with Crippen LogP contribution in [0.3, 0.4) is 0 Å². The molecule has 2 amide bonds. The second-order valence-electron chi connectivity index (χ2n) is 6.60. The lowest BCUT2D eigenvalue weighted by atomic mass is 9.95. The van der Waals surface area contributed by atoms with Crippen molar-refractivity contribution in [2.75, 3.05) is 31.1 Å². The van der Waals surface area contributed by atoms with E-state index in [4.69, 9.17) is 16.0 Å². The molecule has 0 radical (unpaired) electrons. The van der Waals surface area contributed by atoms with E-state index < -0.39 is 0 Å². The first-order valence-electron chi connectivity index (χ1n) is 8.83. The lowest BCUT2D eigenvalue weighted by Gasteiger charge is -2.31. The van der Waals surface area contributed by atoms with E-state index in [0.29, 0.717) is 36.1 Å². The molecule has 1 aliphatic heterocycles. The molecule has 2 aromatic rings. The molecular formula is C18H23ClN4O3. The molecule has 1 fully saturated rings. The van der Waals surface area contributed by atoms with Crippen LogP contribution in [0.25, 0.3) is 11.1 Å². The van der Waals surface area contributed by atoms with Crippen LogP contribution in [0.4, 0.5) is 6.01 Å². The minimum absolute atomic E-state index is 0.00606. The van der Waals surface area contributed by atoms with Crippen molar-refractivity contribution in [3.8, 4) is 0 Å². The zero-order valence-electron chi connectivity index (χ0n) is 14.8. The summed E-state index contributed by atoms with van der Waals surface area (Å²) in [6, 6.07) is 5.98. The molecule has 0 saturated carbocycles. The summed E-state index contributed by atoms with van der Waals surface area (Å²) >= 11 is 5.99. The summed E-state index contributed by atoms with van der Waals surface area (Å²) in [5.41, 5.74) is 1.45.